The van der Waals surface area contributed by atoms with E-state index in [1.165, 1.54) is 0 Å². The van der Waals surface area contributed by atoms with Crippen molar-refractivity contribution in [2.75, 3.05) is 28.4 Å². The molecule has 0 amide bonds. The molecule has 0 N–H and O–H groups in total. The van der Waals surface area contributed by atoms with Crippen LogP contribution in [0.4, 0.5) is 0 Å². The fourth-order valence-corrected chi connectivity index (χ4v) is 6.44. The molecule has 0 saturated heterocycles. The maximum absolute atomic E-state index is 13.3. The van der Waals surface area contributed by atoms with Crippen LogP contribution in [0, 0.1) is 16.7 Å². The highest BCUT2D eigenvalue weighted by Gasteiger charge is 2.97. The monoisotopic (exact) mass is 370 g/mol. The third kappa shape index (κ3) is 1.72. The van der Waals surface area contributed by atoms with Gasteiger partial charge < -0.3 is 18.9 Å². The Kier molecular flexibility index (Phi) is 3.77. The molecule has 0 aliphatic heterocycles. The van der Waals surface area contributed by atoms with Gasteiger partial charge in [0.15, 0.2) is 17.3 Å². The van der Waals surface area contributed by atoms with E-state index in [-0.39, 0.29) is 23.0 Å². The van der Waals surface area contributed by atoms with E-state index in [1.807, 2.05) is 24.3 Å². The van der Waals surface area contributed by atoms with Crippen molar-refractivity contribution in [3.8, 4) is 11.5 Å². The zero-order valence-electron chi connectivity index (χ0n) is 16.5. The predicted octanol–water partition coefficient (Wildman–Crippen LogP) is 3.50. The normalized spacial score (nSPS) is 38.3. The summed E-state index contributed by atoms with van der Waals surface area (Å²) in [5.74, 6) is 2.10. The first-order valence-electron chi connectivity index (χ1n) is 9.12. The van der Waals surface area contributed by atoms with Crippen LogP contribution >= 0.6 is 0 Å². The number of carbonyl (C=O) groups is 1. The van der Waals surface area contributed by atoms with Gasteiger partial charge in [0.05, 0.1) is 26.7 Å². The van der Waals surface area contributed by atoms with Crippen molar-refractivity contribution in [1.29, 1.82) is 0 Å². The van der Waals surface area contributed by atoms with Gasteiger partial charge in [-0.1, -0.05) is 19.1 Å². The first-order valence-corrected chi connectivity index (χ1v) is 9.12. The lowest BCUT2D eigenvalue weighted by atomic mass is 9.49. The molecule has 1 aromatic carbocycles. The summed E-state index contributed by atoms with van der Waals surface area (Å²) in [6, 6.07) is 5.90. The molecule has 0 spiro atoms. The van der Waals surface area contributed by atoms with Crippen molar-refractivity contribution in [2.45, 2.75) is 24.9 Å². The molecule has 0 radical (unpaired) electrons. The van der Waals surface area contributed by atoms with Gasteiger partial charge in [0.1, 0.15) is 11.4 Å². The summed E-state index contributed by atoms with van der Waals surface area (Å²) in [5, 5.41) is 0. The summed E-state index contributed by atoms with van der Waals surface area (Å²) in [6.45, 7) is 6.11. The Morgan fingerprint density at radius 1 is 1.11 bits per heavy atom. The minimum atomic E-state index is -0.573. The van der Waals surface area contributed by atoms with Crippen molar-refractivity contribution in [1.82, 2.24) is 0 Å². The molecule has 2 fully saturated rings. The molecule has 0 heterocycles. The number of hydrogen-bond acceptors (Lipinski definition) is 5. The van der Waals surface area contributed by atoms with Crippen LogP contribution in [0.15, 0.2) is 42.7 Å². The number of hydrogen-bond donors (Lipinski definition) is 0. The number of ketones is 1. The van der Waals surface area contributed by atoms with Crippen LogP contribution in [0.3, 0.4) is 0 Å². The summed E-state index contributed by atoms with van der Waals surface area (Å²) >= 11 is 0. The molecule has 2 saturated carbocycles. The van der Waals surface area contributed by atoms with Crippen LogP contribution in [0.25, 0.3) is 0 Å². The van der Waals surface area contributed by atoms with Crippen molar-refractivity contribution in [2.24, 2.45) is 16.7 Å². The molecule has 5 atom stereocenters. The molecule has 0 aromatic heterocycles. The van der Waals surface area contributed by atoms with E-state index >= 15 is 0 Å². The second kappa shape index (κ2) is 5.61. The van der Waals surface area contributed by atoms with Crippen molar-refractivity contribution in [3.05, 3.63) is 48.3 Å². The summed E-state index contributed by atoms with van der Waals surface area (Å²) in [5.41, 5.74) is -0.311. The Bertz CT molecular complexity index is 858. The molecule has 27 heavy (non-hydrogen) atoms. The molecule has 5 nitrogen and oxygen atoms in total. The number of ether oxygens (including phenoxy) is 4. The van der Waals surface area contributed by atoms with E-state index in [0.717, 1.165) is 5.56 Å². The van der Waals surface area contributed by atoms with Gasteiger partial charge in [-0.3, -0.25) is 4.79 Å². The van der Waals surface area contributed by atoms with Gasteiger partial charge in [0, 0.05) is 30.4 Å². The fraction of sp³-hybridized carbons (Fsp3) is 0.500. The van der Waals surface area contributed by atoms with Crippen molar-refractivity contribution >= 4 is 5.78 Å². The summed E-state index contributed by atoms with van der Waals surface area (Å²) < 4.78 is 22.5. The summed E-state index contributed by atoms with van der Waals surface area (Å²) in [6.07, 6.45) is 4.08. The topological polar surface area (TPSA) is 54.0 Å². The predicted molar refractivity (Wildman–Crippen MR) is 101 cm³/mol. The molecule has 3 aliphatic carbocycles. The Labute approximate surface area is 159 Å². The Morgan fingerprint density at radius 3 is 2.37 bits per heavy atom. The van der Waals surface area contributed by atoms with Gasteiger partial charge in [-0.15, -0.1) is 6.58 Å². The molecular weight excluding hydrogens is 344 g/mol. The molecule has 144 valence electrons. The van der Waals surface area contributed by atoms with E-state index in [1.54, 1.807) is 34.5 Å². The lowest BCUT2D eigenvalue weighted by molar-refractivity contribution is -0.135. The lowest BCUT2D eigenvalue weighted by Crippen LogP contribution is -2.51. The molecule has 1 aromatic rings. The maximum atomic E-state index is 13.3. The van der Waals surface area contributed by atoms with Gasteiger partial charge >= 0.3 is 0 Å². The largest absolute Gasteiger partial charge is 0.498 e. The SMILES string of the molecule is C=CC[C@]12C(=O)C=C(OC)[C@]3(OC)[C@H]1[C@]3(C)[C@@H]2c1ccc(OC)c(OC)c1. The van der Waals surface area contributed by atoms with Crippen molar-refractivity contribution in [3.63, 3.8) is 0 Å². The van der Waals surface area contributed by atoms with E-state index in [4.69, 9.17) is 18.9 Å². The Morgan fingerprint density at radius 2 is 1.81 bits per heavy atom. The summed E-state index contributed by atoms with van der Waals surface area (Å²) in [4.78, 5) is 13.3. The number of benzene rings is 1. The van der Waals surface area contributed by atoms with Crippen LogP contribution in [-0.4, -0.2) is 39.8 Å². The number of fused-ring (bicyclic) bond motifs is 1. The molecule has 0 unspecified atom stereocenters. The number of methoxy groups -OCH3 is 4. The third-order valence-corrected chi connectivity index (χ3v) is 7.20. The smallest absolute Gasteiger partial charge is 0.166 e. The van der Waals surface area contributed by atoms with Gasteiger partial charge in [0.2, 0.25) is 0 Å². The fourth-order valence-electron chi connectivity index (χ4n) is 6.44. The number of allylic oxidation sites excluding steroid dienone is 2. The van der Waals surface area contributed by atoms with Crippen LogP contribution in [-0.2, 0) is 14.3 Å². The van der Waals surface area contributed by atoms with Crippen LogP contribution in [0.1, 0.15) is 24.8 Å². The second-order valence-electron chi connectivity index (χ2n) is 7.81. The zero-order valence-corrected chi connectivity index (χ0v) is 16.5. The Hall–Kier alpha value is -2.27. The van der Waals surface area contributed by atoms with Gasteiger partial charge in [-0.25, -0.2) is 0 Å². The van der Waals surface area contributed by atoms with E-state index in [9.17, 15) is 4.79 Å². The minimum absolute atomic E-state index is 0.0239. The molecule has 0 bridgehead atoms. The molecule has 3 aliphatic rings. The first-order chi connectivity index (χ1) is 12.9. The average Bonchev–Trinajstić information content (AvgIpc) is 3.20. The lowest BCUT2D eigenvalue weighted by Gasteiger charge is -2.51. The highest BCUT2D eigenvalue weighted by molar-refractivity contribution is 6.02. The van der Waals surface area contributed by atoms with Gasteiger partial charge in [-0.2, -0.15) is 0 Å². The van der Waals surface area contributed by atoms with Crippen LogP contribution in [0.5, 0.6) is 11.5 Å². The van der Waals surface area contributed by atoms with Crippen molar-refractivity contribution < 1.29 is 23.7 Å². The van der Waals surface area contributed by atoms with E-state index in [0.29, 0.717) is 23.7 Å². The van der Waals surface area contributed by atoms with Crippen LogP contribution in [0.2, 0.25) is 0 Å². The molecular formula is C22H26O5. The average molecular weight is 370 g/mol. The number of carbonyl (C=O) groups excluding carboxylic acids is 1. The Balaban J connectivity index is 1.90. The highest BCUT2D eigenvalue weighted by atomic mass is 16.5. The van der Waals surface area contributed by atoms with E-state index < -0.39 is 11.0 Å². The standard InChI is InChI=1S/C22H26O5/c1-7-10-21-16(23)12-17(26-5)22(27-6)19(21)20(22,2)18(21)13-8-9-14(24-3)15(11-13)25-4/h7-9,11-12,18-19H,1,10H2,2-6H3/t18-,19-,20-,21+,22-/m0/s1. The highest BCUT2D eigenvalue weighted by Crippen LogP contribution is 2.92. The zero-order chi connectivity index (χ0) is 19.6. The maximum Gasteiger partial charge on any atom is 0.166 e. The van der Waals surface area contributed by atoms with Crippen LogP contribution < -0.4 is 9.47 Å². The third-order valence-electron chi connectivity index (χ3n) is 7.20. The minimum Gasteiger partial charge on any atom is -0.498 e. The summed E-state index contributed by atoms with van der Waals surface area (Å²) in [7, 11) is 6.54. The van der Waals surface area contributed by atoms with Gasteiger partial charge in [0.25, 0.3) is 0 Å². The quantitative estimate of drug-likeness (QED) is 0.688. The molecule has 5 heteroatoms. The second-order valence-corrected chi connectivity index (χ2v) is 7.81. The molecule has 4 rings (SSSR count). The van der Waals surface area contributed by atoms with E-state index in [2.05, 4.69) is 13.5 Å². The van der Waals surface area contributed by atoms with Gasteiger partial charge in [-0.05, 0) is 24.1 Å². The number of rotatable bonds is 7. The first kappa shape index (κ1) is 18.1.